The summed E-state index contributed by atoms with van der Waals surface area (Å²) in [5.74, 6) is 1.91. The Morgan fingerprint density at radius 3 is 2.25 bits per heavy atom. The van der Waals surface area contributed by atoms with Crippen LogP contribution >= 0.6 is 0 Å². The number of anilines is 5. The normalized spacial score (nSPS) is 12.8. The average molecular weight is 912 g/mol. The number of hydrogen-bond donors (Lipinski definition) is 0. The number of benzene rings is 6. The van der Waals surface area contributed by atoms with E-state index in [0.717, 1.165) is 78.0 Å². The molecule has 0 fully saturated rings. The van der Waals surface area contributed by atoms with E-state index >= 15 is 0 Å². The van der Waals surface area contributed by atoms with Crippen LogP contribution in [0.5, 0.6) is 11.5 Å². The Hall–Kier alpha value is -6.04. The van der Waals surface area contributed by atoms with Gasteiger partial charge in [-0.05, 0) is 52.1 Å². The number of aromatic nitrogens is 2. The molecule has 0 amide bonds. The largest absolute Gasteiger partial charge is 0.509 e. The second-order valence-electron chi connectivity index (χ2n) is 15.2. The maximum atomic E-state index is 6.64. The Balaban J connectivity index is 0.00000410. The summed E-state index contributed by atoms with van der Waals surface area (Å²) < 4.78 is 15.4. The van der Waals surface area contributed by atoms with Crippen LogP contribution in [-0.2, 0) is 26.5 Å². The van der Waals surface area contributed by atoms with Gasteiger partial charge in [-0.1, -0.05) is 92.3 Å². The van der Waals surface area contributed by atoms with Crippen molar-refractivity contribution in [3.63, 3.8) is 0 Å². The van der Waals surface area contributed by atoms with Crippen molar-refractivity contribution in [2.45, 2.75) is 26.2 Å². The fraction of sp³-hybridized carbons (Fsp3) is 0.125. The molecule has 0 saturated heterocycles. The molecule has 0 saturated carbocycles. The number of ether oxygens (including phenoxy) is 1. The van der Waals surface area contributed by atoms with Crippen LogP contribution in [0.1, 0.15) is 26.3 Å². The van der Waals surface area contributed by atoms with Crippen LogP contribution in [0.2, 0.25) is 0 Å². The van der Waals surface area contributed by atoms with Gasteiger partial charge in [0.1, 0.15) is 17.0 Å². The SMILES string of the molecule is CN(C)c1ccnc(-n2c3[c-]c(Oc4[c-]c(N5[CH-]N(c6ccccc6C(C)(C)C)c6ccccc65)ccc4)ccc3c3oc4ccc5ccccc5c4c32)c1.[Pt]. The number of furan rings is 1. The van der Waals surface area contributed by atoms with E-state index in [1.54, 1.807) is 0 Å². The number of fused-ring (bicyclic) bond motifs is 8. The molecule has 1 aliphatic heterocycles. The summed E-state index contributed by atoms with van der Waals surface area (Å²) in [5.41, 5.74) is 9.86. The van der Waals surface area contributed by atoms with Crippen LogP contribution in [0.3, 0.4) is 0 Å². The van der Waals surface area contributed by atoms with Crippen LogP contribution in [0.15, 0.2) is 138 Å². The first-order valence-electron chi connectivity index (χ1n) is 18.5. The first kappa shape index (κ1) is 35.6. The van der Waals surface area contributed by atoms with Gasteiger partial charge in [-0.2, -0.15) is 12.1 Å². The molecule has 8 heteroatoms. The molecule has 0 atom stereocenters. The predicted octanol–water partition coefficient (Wildman–Crippen LogP) is 12.2. The van der Waals surface area contributed by atoms with Crippen molar-refractivity contribution in [1.29, 1.82) is 0 Å². The minimum Gasteiger partial charge on any atom is -0.509 e. The molecule has 3 aromatic heterocycles. The molecule has 9 aromatic rings. The molecule has 4 heterocycles. The molecule has 0 radical (unpaired) electrons. The second kappa shape index (κ2) is 13.6. The minimum absolute atomic E-state index is 0. The molecule has 280 valence electrons. The quantitative estimate of drug-likeness (QED) is 0.155. The fourth-order valence-electron chi connectivity index (χ4n) is 7.85. The van der Waals surface area contributed by atoms with Crippen molar-refractivity contribution in [3.05, 3.63) is 158 Å². The van der Waals surface area contributed by atoms with Crippen LogP contribution in [0.25, 0.3) is 49.6 Å². The van der Waals surface area contributed by atoms with Crippen molar-refractivity contribution in [2.75, 3.05) is 28.8 Å². The van der Waals surface area contributed by atoms with Gasteiger partial charge in [0.25, 0.3) is 0 Å². The van der Waals surface area contributed by atoms with Crippen molar-refractivity contribution < 1.29 is 30.2 Å². The molecular weight excluding hydrogens is 874 g/mol. The van der Waals surface area contributed by atoms with Gasteiger partial charge >= 0.3 is 0 Å². The Labute approximate surface area is 340 Å². The van der Waals surface area contributed by atoms with Gasteiger partial charge in [0.15, 0.2) is 0 Å². The summed E-state index contributed by atoms with van der Waals surface area (Å²) in [4.78, 5) is 11.4. The van der Waals surface area contributed by atoms with Crippen molar-refractivity contribution >= 4 is 72.2 Å². The molecule has 56 heavy (non-hydrogen) atoms. The zero-order valence-corrected chi connectivity index (χ0v) is 33.9. The second-order valence-corrected chi connectivity index (χ2v) is 15.2. The summed E-state index contributed by atoms with van der Waals surface area (Å²) in [6.45, 7) is 8.91. The van der Waals surface area contributed by atoms with E-state index in [2.05, 4.69) is 162 Å². The van der Waals surface area contributed by atoms with Gasteiger partial charge in [-0.25, -0.2) is 4.98 Å². The van der Waals surface area contributed by atoms with Crippen molar-refractivity contribution in [1.82, 2.24) is 9.55 Å². The van der Waals surface area contributed by atoms with E-state index < -0.39 is 0 Å². The molecule has 0 spiro atoms. The zero-order chi connectivity index (χ0) is 37.4. The summed E-state index contributed by atoms with van der Waals surface area (Å²) >= 11 is 0. The van der Waals surface area contributed by atoms with Crippen molar-refractivity contribution in [2.24, 2.45) is 0 Å². The molecule has 0 N–H and O–H groups in total. The molecule has 1 aliphatic rings. The number of nitrogens with zero attached hydrogens (tertiary/aromatic N) is 5. The maximum Gasteiger partial charge on any atom is 0.137 e. The Morgan fingerprint density at radius 1 is 0.714 bits per heavy atom. The third-order valence-electron chi connectivity index (χ3n) is 10.5. The minimum atomic E-state index is -0.0290. The number of rotatable bonds is 6. The standard InChI is InChI=1S/C48H38N5O2.Pt/c1-48(2,3)38-17-8-9-18-39(38)52-30-51(40-19-10-11-20-41(40)52)33-14-12-15-34(27-33)54-35-22-23-37-42(29-35)53(44-28-32(50(4)5)25-26-49-44)46-45-36-16-7-6-13-31(36)21-24-43(45)55-47(37)46;/h6-26,28,30H,1-5H3;/q-3;. The van der Waals surface area contributed by atoms with E-state index in [9.17, 15) is 0 Å². The van der Waals surface area contributed by atoms with Crippen LogP contribution in [-0.4, -0.2) is 23.6 Å². The topological polar surface area (TPSA) is 49.9 Å². The number of pyridine rings is 1. The molecule has 7 nitrogen and oxygen atoms in total. The van der Waals surface area contributed by atoms with E-state index in [4.69, 9.17) is 14.1 Å². The Kier molecular flexibility index (Phi) is 8.66. The van der Waals surface area contributed by atoms with Gasteiger partial charge < -0.3 is 28.4 Å². The molecule has 0 aliphatic carbocycles. The molecule has 6 aromatic carbocycles. The fourth-order valence-corrected chi connectivity index (χ4v) is 7.85. The summed E-state index contributed by atoms with van der Waals surface area (Å²) in [7, 11) is 4.07. The first-order chi connectivity index (χ1) is 26.7. The monoisotopic (exact) mass is 911 g/mol. The average Bonchev–Trinajstić information content (AvgIpc) is 3.87. The number of para-hydroxylation sites is 3. The van der Waals surface area contributed by atoms with Gasteiger partial charge in [0.05, 0.1) is 10.9 Å². The first-order valence-corrected chi connectivity index (χ1v) is 18.5. The Morgan fingerprint density at radius 2 is 1.45 bits per heavy atom. The van der Waals surface area contributed by atoms with E-state index in [0.29, 0.717) is 11.5 Å². The van der Waals surface area contributed by atoms with Gasteiger partial charge in [0, 0.05) is 81.7 Å². The number of hydrogen-bond acceptors (Lipinski definition) is 6. The molecule has 0 unspecified atom stereocenters. The molecular formula is C48H38N5O2Pt-3. The van der Waals surface area contributed by atoms with E-state index in [1.807, 2.05) is 44.6 Å². The van der Waals surface area contributed by atoms with Gasteiger partial charge in [-0.3, -0.25) is 0 Å². The third-order valence-corrected chi connectivity index (χ3v) is 10.5. The predicted molar refractivity (Wildman–Crippen MR) is 225 cm³/mol. The summed E-state index contributed by atoms with van der Waals surface area (Å²) in [6.07, 6.45) is 1.85. The smallest absolute Gasteiger partial charge is 0.137 e. The summed E-state index contributed by atoms with van der Waals surface area (Å²) in [5, 5.41) is 4.23. The molecule has 0 bridgehead atoms. The van der Waals surface area contributed by atoms with Crippen molar-refractivity contribution in [3.8, 4) is 17.3 Å². The summed E-state index contributed by atoms with van der Waals surface area (Å²) in [6, 6.07) is 50.9. The molecule has 10 rings (SSSR count). The van der Waals surface area contributed by atoms with E-state index in [-0.39, 0.29) is 26.5 Å². The zero-order valence-electron chi connectivity index (χ0n) is 31.6. The van der Waals surface area contributed by atoms with E-state index in [1.165, 1.54) is 5.56 Å². The third kappa shape index (κ3) is 5.81. The van der Waals surface area contributed by atoms with Crippen LogP contribution in [0.4, 0.5) is 28.4 Å². The van der Waals surface area contributed by atoms with Crippen LogP contribution < -0.4 is 19.4 Å². The van der Waals surface area contributed by atoms with Gasteiger partial charge in [-0.15, -0.1) is 42.7 Å². The maximum absolute atomic E-state index is 6.64. The Bertz CT molecular complexity index is 2940. The van der Waals surface area contributed by atoms with Gasteiger partial charge in [0.2, 0.25) is 0 Å². The van der Waals surface area contributed by atoms with Crippen LogP contribution in [0, 0.1) is 18.8 Å².